The van der Waals surface area contributed by atoms with Crippen molar-refractivity contribution < 1.29 is 14.4 Å². The Bertz CT molecular complexity index is 1430. The Morgan fingerprint density at radius 3 is 2.86 bits per heavy atom. The molecule has 4 aromatic heterocycles. The maximum absolute atomic E-state index is 12.5. The van der Waals surface area contributed by atoms with E-state index in [9.17, 15) is 4.79 Å². The predicted molar refractivity (Wildman–Crippen MR) is 133 cm³/mol. The van der Waals surface area contributed by atoms with Crippen LogP contribution >= 0.6 is 0 Å². The third-order valence-electron chi connectivity index (χ3n) is 6.57. The average molecular weight is 490 g/mol. The maximum Gasteiger partial charge on any atom is 0.228 e. The van der Waals surface area contributed by atoms with Gasteiger partial charge >= 0.3 is 0 Å². The summed E-state index contributed by atoms with van der Waals surface area (Å²) in [5, 5.41) is 16.9. The predicted octanol–water partition coefficient (Wildman–Crippen LogP) is 2.53. The van der Waals surface area contributed by atoms with Gasteiger partial charge in [-0.25, -0.2) is 20.0 Å². The van der Waals surface area contributed by atoms with Crippen LogP contribution in [0.2, 0.25) is 0 Å². The van der Waals surface area contributed by atoms with Gasteiger partial charge in [-0.1, -0.05) is 6.92 Å². The lowest BCUT2D eigenvalue weighted by Gasteiger charge is -2.28. The number of amides is 1. The number of nitrogens with zero attached hydrogens (tertiary/aromatic N) is 7. The topological polar surface area (TPSA) is 132 Å². The molecule has 12 nitrogen and oxygen atoms in total. The second-order valence-electron chi connectivity index (χ2n) is 9.08. The highest BCUT2D eigenvalue weighted by atomic mass is 16.6. The van der Waals surface area contributed by atoms with Crippen molar-refractivity contribution in [3.63, 3.8) is 0 Å². The van der Waals surface area contributed by atoms with Gasteiger partial charge < -0.3 is 15.0 Å². The lowest BCUT2D eigenvalue weighted by atomic mass is 10.1. The van der Waals surface area contributed by atoms with Crippen molar-refractivity contribution in [1.29, 1.82) is 0 Å². The Hall–Kier alpha value is -3.90. The number of anilines is 3. The lowest BCUT2D eigenvalue weighted by molar-refractivity contribution is -0.117. The summed E-state index contributed by atoms with van der Waals surface area (Å²) >= 11 is 0. The van der Waals surface area contributed by atoms with Crippen molar-refractivity contribution in [3.8, 4) is 11.4 Å². The van der Waals surface area contributed by atoms with E-state index >= 15 is 0 Å². The van der Waals surface area contributed by atoms with E-state index in [1.807, 2.05) is 25.3 Å². The van der Waals surface area contributed by atoms with Crippen molar-refractivity contribution in [3.05, 3.63) is 30.6 Å². The number of fused-ring (bicyclic) bond motifs is 2. The zero-order valence-corrected chi connectivity index (χ0v) is 20.1. The molecule has 0 spiro atoms. The van der Waals surface area contributed by atoms with Gasteiger partial charge in [0.1, 0.15) is 5.52 Å². The summed E-state index contributed by atoms with van der Waals surface area (Å²) < 4.78 is 7.23. The number of hydrogen-bond acceptors (Lipinski definition) is 10. The number of hydrogen-bond donors (Lipinski definition) is 2. The number of carbonyl (C=O) groups is 1. The number of ether oxygens (including phenoxy) is 1. The summed E-state index contributed by atoms with van der Waals surface area (Å²) in [6.45, 7) is 7.47. The molecule has 186 valence electrons. The van der Waals surface area contributed by atoms with Crippen molar-refractivity contribution >= 4 is 39.8 Å². The van der Waals surface area contributed by atoms with Crippen LogP contribution in [0.15, 0.2) is 30.6 Å². The van der Waals surface area contributed by atoms with Gasteiger partial charge in [-0.15, -0.1) is 15.3 Å². The molecule has 2 N–H and O–H groups in total. The van der Waals surface area contributed by atoms with Gasteiger partial charge in [-0.3, -0.25) is 9.63 Å². The second kappa shape index (κ2) is 9.28. The molecule has 2 aliphatic rings. The number of rotatable bonds is 7. The summed E-state index contributed by atoms with van der Waals surface area (Å²) in [5.74, 6) is 1.67. The summed E-state index contributed by atoms with van der Waals surface area (Å²) in [5.41, 5.74) is 5.76. The first-order chi connectivity index (χ1) is 17.6. The fraction of sp³-hybridized carbons (Fsp3) is 0.417. The van der Waals surface area contributed by atoms with Crippen molar-refractivity contribution in [2.75, 3.05) is 48.6 Å². The van der Waals surface area contributed by atoms with Crippen LogP contribution in [0.1, 0.15) is 20.3 Å². The van der Waals surface area contributed by atoms with E-state index < -0.39 is 0 Å². The van der Waals surface area contributed by atoms with E-state index in [1.54, 1.807) is 16.8 Å². The number of pyridine rings is 2. The van der Waals surface area contributed by atoms with Crippen LogP contribution in [0.3, 0.4) is 0 Å². The summed E-state index contributed by atoms with van der Waals surface area (Å²) in [7, 11) is 0. The quantitative estimate of drug-likeness (QED) is 0.373. The molecule has 1 aliphatic heterocycles. The SMILES string of the molecule is CCONc1ncc(-c2nc3ccc(N4CCOCC4)cn3n2)c2cc(NC(=O)[C@H]3C[C@H]3C)nnc12. The highest BCUT2D eigenvalue weighted by Gasteiger charge is 2.39. The number of morpholine rings is 1. The molecule has 0 bridgehead atoms. The Morgan fingerprint density at radius 1 is 1.25 bits per heavy atom. The molecule has 0 aromatic carbocycles. The van der Waals surface area contributed by atoms with Gasteiger partial charge in [0.2, 0.25) is 5.91 Å². The number of carbonyl (C=O) groups excluding carboxylic acids is 1. The fourth-order valence-electron chi connectivity index (χ4n) is 4.39. The summed E-state index contributed by atoms with van der Waals surface area (Å²) in [4.78, 5) is 29.3. The first-order valence-electron chi connectivity index (χ1n) is 12.2. The van der Waals surface area contributed by atoms with Gasteiger partial charge in [0, 0.05) is 36.2 Å². The smallest absolute Gasteiger partial charge is 0.228 e. The largest absolute Gasteiger partial charge is 0.378 e. The normalized spacial score (nSPS) is 19.6. The summed E-state index contributed by atoms with van der Waals surface area (Å²) in [6, 6.07) is 5.78. The van der Waals surface area contributed by atoms with E-state index in [-0.39, 0.29) is 11.8 Å². The van der Waals surface area contributed by atoms with Gasteiger partial charge in [-0.05, 0) is 37.5 Å². The molecule has 2 fully saturated rings. The highest BCUT2D eigenvalue weighted by Crippen LogP contribution is 2.38. The van der Waals surface area contributed by atoms with Gasteiger partial charge in [-0.2, -0.15) is 0 Å². The Kier molecular flexibility index (Phi) is 5.82. The Balaban J connectivity index is 1.39. The first-order valence-corrected chi connectivity index (χ1v) is 12.2. The molecule has 6 rings (SSSR count). The third kappa shape index (κ3) is 4.29. The van der Waals surface area contributed by atoms with Crippen molar-refractivity contribution in [2.24, 2.45) is 11.8 Å². The van der Waals surface area contributed by atoms with Crippen molar-refractivity contribution in [2.45, 2.75) is 20.3 Å². The van der Waals surface area contributed by atoms with E-state index in [0.29, 0.717) is 65.3 Å². The molecular weight excluding hydrogens is 462 g/mol. The lowest BCUT2D eigenvalue weighted by Crippen LogP contribution is -2.36. The Morgan fingerprint density at radius 2 is 2.08 bits per heavy atom. The molecule has 0 radical (unpaired) electrons. The van der Waals surface area contributed by atoms with Crippen LogP contribution in [0.5, 0.6) is 0 Å². The first kappa shape index (κ1) is 22.6. The van der Waals surface area contributed by atoms with E-state index in [4.69, 9.17) is 19.7 Å². The highest BCUT2D eigenvalue weighted by molar-refractivity contribution is 6.01. The Labute approximate surface area is 207 Å². The molecule has 2 atom stereocenters. The number of aromatic nitrogens is 6. The number of nitrogens with one attached hydrogen (secondary N) is 2. The molecule has 1 saturated heterocycles. The minimum Gasteiger partial charge on any atom is -0.378 e. The van der Waals surface area contributed by atoms with Crippen LogP contribution in [0.4, 0.5) is 17.3 Å². The standard InChI is InChI=1S/C24H27N9O3/c1-3-36-31-23-21-17(11-19(28-29-21)26-24(34)16-10-14(16)2)18(12-25-23)22-27-20-5-4-15(13-33(20)30-22)32-6-8-35-9-7-32/h4-5,11-14,16H,3,6-10H2,1-2H3,(H,25,31)(H,26,28,34)/t14-,16+/m1/s1. The molecule has 1 saturated carbocycles. The zero-order chi connectivity index (χ0) is 24.6. The summed E-state index contributed by atoms with van der Waals surface area (Å²) in [6.07, 6.45) is 4.54. The molecular formula is C24H27N9O3. The monoisotopic (exact) mass is 489 g/mol. The molecule has 1 amide bonds. The minimum absolute atomic E-state index is 0.0235. The molecule has 1 aliphatic carbocycles. The minimum atomic E-state index is -0.0408. The van der Waals surface area contributed by atoms with E-state index in [1.165, 1.54) is 0 Å². The van der Waals surface area contributed by atoms with Crippen LogP contribution in [-0.2, 0) is 14.4 Å². The van der Waals surface area contributed by atoms with E-state index in [2.05, 4.69) is 37.8 Å². The molecule has 4 aromatic rings. The van der Waals surface area contributed by atoms with Gasteiger partial charge in [0.25, 0.3) is 0 Å². The fourth-order valence-corrected chi connectivity index (χ4v) is 4.39. The average Bonchev–Trinajstić information content (AvgIpc) is 3.49. The van der Waals surface area contributed by atoms with Crippen LogP contribution < -0.4 is 15.7 Å². The molecule has 12 heteroatoms. The zero-order valence-electron chi connectivity index (χ0n) is 20.1. The molecule has 5 heterocycles. The van der Waals surface area contributed by atoms with Gasteiger partial charge in [0.05, 0.1) is 31.7 Å². The second-order valence-corrected chi connectivity index (χ2v) is 9.08. The molecule has 36 heavy (non-hydrogen) atoms. The third-order valence-corrected chi connectivity index (χ3v) is 6.57. The molecule has 0 unspecified atom stereocenters. The van der Waals surface area contributed by atoms with Crippen LogP contribution in [0, 0.1) is 11.8 Å². The van der Waals surface area contributed by atoms with Gasteiger partial charge in [0.15, 0.2) is 23.1 Å². The van der Waals surface area contributed by atoms with Crippen LogP contribution in [0.25, 0.3) is 27.9 Å². The van der Waals surface area contributed by atoms with Crippen LogP contribution in [-0.4, -0.2) is 68.6 Å². The van der Waals surface area contributed by atoms with E-state index in [0.717, 1.165) is 25.2 Å². The maximum atomic E-state index is 12.5. The van der Waals surface area contributed by atoms with Crippen molar-refractivity contribution in [1.82, 2.24) is 29.8 Å².